The molecule has 8 heteroatoms. The van der Waals surface area contributed by atoms with Gasteiger partial charge in [0.15, 0.2) is 0 Å². The first-order chi connectivity index (χ1) is 11.1. The zero-order chi connectivity index (χ0) is 18.0. The van der Waals surface area contributed by atoms with E-state index in [0.717, 1.165) is 18.2 Å². The molecule has 0 aliphatic carbocycles. The van der Waals surface area contributed by atoms with Gasteiger partial charge in [-0.2, -0.15) is 13.2 Å². The van der Waals surface area contributed by atoms with Crippen LogP contribution in [0.25, 0.3) is 11.1 Å². The van der Waals surface area contributed by atoms with E-state index in [1.807, 2.05) is 0 Å². The fraction of sp³-hybridized carbons (Fsp3) is 0.250. The number of alkyl halides is 6. The fourth-order valence-electron chi connectivity index (χ4n) is 2.37. The maximum atomic E-state index is 13.1. The molecule has 0 saturated carbocycles. The van der Waals surface area contributed by atoms with Crippen molar-refractivity contribution in [1.82, 2.24) is 0 Å². The van der Waals surface area contributed by atoms with E-state index in [0.29, 0.717) is 5.56 Å². The van der Waals surface area contributed by atoms with Gasteiger partial charge in [0, 0.05) is 0 Å². The zero-order valence-corrected chi connectivity index (χ0v) is 12.2. The van der Waals surface area contributed by atoms with Crippen molar-refractivity contribution in [2.45, 2.75) is 19.0 Å². The second kappa shape index (κ2) is 6.72. The van der Waals surface area contributed by atoms with Crippen molar-refractivity contribution in [2.75, 3.05) is 6.54 Å². The fourth-order valence-corrected chi connectivity index (χ4v) is 2.37. The second-order valence-electron chi connectivity index (χ2n) is 4.94. The average Bonchev–Trinajstić information content (AvgIpc) is 2.46. The second-order valence-corrected chi connectivity index (χ2v) is 4.94. The third-order valence-corrected chi connectivity index (χ3v) is 3.27. The molecule has 0 saturated heterocycles. The number of benzene rings is 2. The van der Waals surface area contributed by atoms with Crippen molar-refractivity contribution in [3.05, 3.63) is 53.6 Å². The highest BCUT2D eigenvalue weighted by atomic mass is 19.4. The summed E-state index contributed by atoms with van der Waals surface area (Å²) in [5.41, 5.74) is 5.23. The molecule has 0 radical (unpaired) electrons. The van der Waals surface area contributed by atoms with E-state index in [9.17, 15) is 26.3 Å². The van der Waals surface area contributed by atoms with Crippen LogP contribution in [0.15, 0.2) is 42.5 Å². The minimum absolute atomic E-state index is 0.00812. The maximum Gasteiger partial charge on any atom is 0.573 e. The third kappa shape index (κ3) is 4.41. The van der Waals surface area contributed by atoms with Crippen LogP contribution in [-0.2, 0) is 12.6 Å². The Morgan fingerprint density at radius 1 is 0.875 bits per heavy atom. The lowest BCUT2D eigenvalue weighted by Gasteiger charge is -2.17. The van der Waals surface area contributed by atoms with Crippen LogP contribution in [0, 0.1) is 0 Å². The summed E-state index contributed by atoms with van der Waals surface area (Å²) in [6.45, 7) is 0.00929. The van der Waals surface area contributed by atoms with E-state index >= 15 is 0 Å². The van der Waals surface area contributed by atoms with E-state index in [1.165, 1.54) is 24.3 Å². The Morgan fingerprint density at radius 3 is 2.00 bits per heavy atom. The normalized spacial score (nSPS) is 12.3. The van der Waals surface area contributed by atoms with Gasteiger partial charge in [0.2, 0.25) is 0 Å². The van der Waals surface area contributed by atoms with Crippen molar-refractivity contribution in [1.29, 1.82) is 0 Å². The van der Waals surface area contributed by atoms with Crippen molar-refractivity contribution < 1.29 is 31.1 Å². The van der Waals surface area contributed by atoms with Gasteiger partial charge in [-0.1, -0.05) is 24.3 Å². The minimum Gasteiger partial charge on any atom is -0.406 e. The largest absolute Gasteiger partial charge is 0.573 e. The summed E-state index contributed by atoms with van der Waals surface area (Å²) >= 11 is 0. The predicted molar refractivity (Wildman–Crippen MR) is 76.3 cm³/mol. The Bertz CT molecular complexity index is 691. The van der Waals surface area contributed by atoms with Gasteiger partial charge < -0.3 is 10.5 Å². The first-order valence-corrected chi connectivity index (χ1v) is 6.87. The first-order valence-electron chi connectivity index (χ1n) is 6.87. The molecule has 0 heterocycles. The van der Waals surface area contributed by atoms with Gasteiger partial charge in [-0.05, 0) is 47.9 Å². The standard InChI is InChI=1S/C16H13F6NO/c17-15(18,19)14-3-1-2-12(13(14)8-9-23)10-4-6-11(7-5-10)24-16(20,21)22/h1-7H,8-9,23H2. The minimum atomic E-state index is -4.83. The Labute approximate surface area is 133 Å². The number of hydrogen-bond donors (Lipinski definition) is 1. The van der Waals surface area contributed by atoms with Gasteiger partial charge in [0.25, 0.3) is 0 Å². The summed E-state index contributed by atoms with van der Waals surface area (Å²) in [5, 5.41) is 0. The highest BCUT2D eigenvalue weighted by Crippen LogP contribution is 2.37. The van der Waals surface area contributed by atoms with Gasteiger partial charge in [-0.15, -0.1) is 13.2 Å². The van der Waals surface area contributed by atoms with Crippen LogP contribution in [0.4, 0.5) is 26.3 Å². The van der Waals surface area contributed by atoms with Gasteiger partial charge >= 0.3 is 12.5 Å². The van der Waals surface area contributed by atoms with Gasteiger partial charge in [-0.3, -0.25) is 0 Å². The number of hydrogen-bond acceptors (Lipinski definition) is 2. The van der Waals surface area contributed by atoms with E-state index in [2.05, 4.69) is 4.74 Å². The van der Waals surface area contributed by atoms with Crippen LogP contribution in [0.5, 0.6) is 5.75 Å². The monoisotopic (exact) mass is 349 g/mol. The zero-order valence-electron chi connectivity index (χ0n) is 12.2. The number of halogens is 6. The molecule has 0 bridgehead atoms. The van der Waals surface area contributed by atoms with Crippen molar-refractivity contribution in [3.8, 4) is 16.9 Å². The van der Waals surface area contributed by atoms with Crippen LogP contribution >= 0.6 is 0 Å². The van der Waals surface area contributed by atoms with Crippen LogP contribution in [0.1, 0.15) is 11.1 Å². The molecule has 130 valence electrons. The smallest absolute Gasteiger partial charge is 0.406 e. The lowest BCUT2D eigenvalue weighted by molar-refractivity contribution is -0.274. The average molecular weight is 349 g/mol. The Hall–Kier alpha value is -2.22. The molecular weight excluding hydrogens is 336 g/mol. The molecule has 0 aliphatic heterocycles. The van der Waals surface area contributed by atoms with E-state index < -0.39 is 23.9 Å². The molecule has 2 N–H and O–H groups in total. The Morgan fingerprint density at radius 2 is 1.50 bits per heavy atom. The molecule has 0 fully saturated rings. The SMILES string of the molecule is NCCc1c(-c2ccc(OC(F)(F)F)cc2)cccc1C(F)(F)F. The van der Waals surface area contributed by atoms with Crippen molar-refractivity contribution in [2.24, 2.45) is 5.73 Å². The van der Waals surface area contributed by atoms with E-state index in [-0.39, 0.29) is 24.1 Å². The molecule has 0 aromatic heterocycles. The summed E-state index contributed by atoms with van der Waals surface area (Å²) in [6, 6.07) is 8.32. The summed E-state index contributed by atoms with van der Waals surface area (Å²) in [7, 11) is 0. The molecule has 0 atom stereocenters. The predicted octanol–water partition coefficient (Wildman–Crippen LogP) is 4.77. The van der Waals surface area contributed by atoms with Crippen LogP contribution in [0.3, 0.4) is 0 Å². The topological polar surface area (TPSA) is 35.2 Å². The Kier molecular flexibility index (Phi) is 5.08. The number of nitrogens with two attached hydrogens (primary N) is 1. The molecule has 0 unspecified atom stereocenters. The highest BCUT2D eigenvalue weighted by molar-refractivity contribution is 5.69. The number of rotatable bonds is 4. The lowest BCUT2D eigenvalue weighted by atomic mass is 9.93. The molecule has 24 heavy (non-hydrogen) atoms. The van der Waals surface area contributed by atoms with Crippen molar-refractivity contribution >= 4 is 0 Å². The Balaban J connectivity index is 2.45. The summed E-state index contributed by atoms with van der Waals surface area (Å²) in [5.74, 6) is -0.446. The van der Waals surface area contributed by atoms with E-state index in [1.54, 1.807) is 0 Å². The summed E-state index contributed by atoms with van der Waals surface area (Å²) < 4.78 is 79.6. The molecular formula is C16H13F6NO. The van der Waals surface area contributed by atoms with Gasteiger partial charge in [-0.25, -0.2) is 0 Å². The van der Waals surface area contributed by atoms with Crippen LogP contribution < -0.4 is 10.5 Å². The van der Waals surface area contributed by atoms with Crippen LogP contribution in [-0.4, -0.2) is 12.9 Å². The van der Waals surface area contributed by atoms with Gasteiger partial charge in [0.1, 0.15) is 5.75 Å². The van der Waals surface area contributed by atoms with Crippen LogP contribution in [0.2, 0.25) is 0 Å². The summed E-state index contributed by atoms with van der Waals surface area (Å²) in [4.78, 5) is 0. The molecule has 0 aliphatic rings. The molecule has 2 nitrogen and oxygen atoms in total. The first kappa shape index (κ1) is 18.1. The molecule has 0 amide bonds. The lowest BCUT2D eigenvalue weighted by Crippen LogP contribution is -2.17. The highest BCUT2D eigenvalue weighted by Gasteiger charge is 2.34. The summed E-state index contributed by atoms with van der Waals surface area (Å²) in [6.07, 6.45) is -9.38. The molecule has 0 spiro atoms. The molecule has 2 aromatic rings. The maximum absolute atomic E-state index is 13.1. The quantitative estimate of drug-likeness (QED) is 0.807. The van der Waals surface area contributed by atoms with Gasteiger partial charge in [0.05, 0.1) is 5.56 Å². The molecule has 2 aromatic carbocycles. The number of ether oxygens (including phenoxy) is 1. The van der Waals surface area contributed by atoms with E-state index in [4.69, 9.17) is 5.73 Å². The molecule has 2 rings (SSSR count). The van der Waals surface area contributed by atoms with Crippen molar-refractivity contribution in [3.63, 3.8) is 0 Å². The third-order valence-electron chi connectivity index (χ3n) is 3.27.